The highest BCUT2D eigenvalue weighted by Gasteiger charge is 2.45. The van der Waals surface area contributed by atoms with Gasteiger partial charge in [0.25, 0.3) is 0 Å². The predicted octanol–water partition coefficient (Wildman–Crippen LogP) is 2.69. The van der Waals surface area contributed by atoms with Crippen LogP contribution in [0.5, 0.6) is 5.75 Å². The second-order valence-corrected chi connectivity index (χ2v) is 6.73. The standard InChI is InChI=1S/C14H16INO/c15-11-1-2-13-10(7-11)8-12-14(17-13)9-3-5-16(12)6-4-9/h1-2,7,9,12,14H,3-6,8H2. The summed E-state index contributed by atoms with van der Waals surface area (Å²) < 4.78 is 7.60. The maximum Gasteiger partial charge on any atom is 0.123 e. The molecule has 3 saturated heterocycles. The molecule has 1 aromatic rings. The third-order valence-corrected chi connectivity index (χ3v) is 5.27. The molecular weight excluding hydrogens is 325 g/mol. The predicted molar refractivity (Wildman–Crippen MR) is 75.4 cm³/mol. The fourth-order valence-corrected chi connectivity index (χ4v) is 4.27. The van der Waals surface area contributed by atoms with Gasteiger partial charge in [-0.15, -0.1) is 0 Å². The van der Waals surface area contributed by atoms with Gasteiger partial charge in [-0.2, -0.15) is 0 Å². The average molecular weight is 341 g/mol. The molecule has 17 heavy (non-hydrogen) atoms. The molecule has 4 aliphatic heterocycles. The second-order valence-electron chi connectivity index (χ2n) is 5.48. The fourth-order valence-electron chi connectivity index (χ4n) is 3.72. The third kappa shape index (κ3) is 1.62. The number of hydrogen-bond donors (Lipinski definition) is 0. The summed E-state index contributed by atoms with van der Waals surface area (Å²) in [4.78, 5) is 2.65. The topological polar surface area (TPSA) is 12.5 Å². The molecule has 0 aromatic heterocycles. The quantitative estimate of drug-likeness (QED) is 0.673. The van der Waals surface area contributed by atoms with E-state index in [-0.39, 0.29) is 0 Å². The zero-order chi connectivity index (χ0) is 11.4. The van der Waals surface area contributed by atoms with Crippen molar-refractivity contribution < 1.29 is 4.74 Å². The summed E-state index contributed by atoms with van der Waals surface area (Å²) in [7, 11) is 0. The molecular formula is C14H16INO. The summed E-state index contributed by atoms with van der Waals surface area (Å²) in [5, 5.41) is 0. The molecule has 3 fully saturated rings. The summed E-state index contributed by atoms with van der Waals surface area (Å²) in [5.74, 6) is 1.94. The summed E-state index contributed by atoms with van der Waals surface area (Å²) in [6.07, 6.45) is 4.32. The number of fused-ring (bicyclic) bond motifs is 3. The molecule has 0 radical (unpaired) electrons. The van der Waals surface area contributed by atoms with Crippen LogP contribution in [0.4, 0.5) is 0 Å². The molecule has 4 heterocycles. The molecule has 2 bridgehead atoms. The van der Waals surface area contributed by atoms with E-state index < -0.39 is 0 Å². The van der Waals surface area contributed by atoms with Crippen molar-refractivity contribution in [3.05, 3.63) is 27.3 Å². The molecule has 90 valence electrons. The van der Waals surface area contributed by atoms with E-state index in [1.165, 1.54) is 41.5 Å². The lowest BCUT2D eigenvalue weighted by molar-refractivity contribution is -0.0671. The van der Waals surface area contributed by atoms with Gasteiger partial charge >= 0.3 is 0 Å². The molecule has 5 rings (SSSR count). The van der Waals surface area contributed by atoms with Crippen molar-refractivity contribution in [1.82, 2.24) is 4.90 Å². The first kappa shape index (κ1) is 10.6. The second kappa shape index (κ2) is 3.85. The van der Waals surface area contributed by atoms with Gasteiger partial charge in [-0.05, 0) is 84.6 Å². The van der Waals surface area contributed by atoms with Crippen LogP contribution in [-0.2, 0) is 6.42 Å². The van der Waals surface area contributed by atoms with Crippen LogP contribution in [0.3, 0.4) is 0 Å². The Balaban J connectivity index is 1.73. The average Bonchev–Trinajstić information content (AvgIpc) is 2.38. The fraction of sp³-hybridized carbons (Fsp3) is 0.571. The third-order valence-electron chi connectivity index (χ3n) is 4.60. The van der Waals surface area contributed by atoms with E-state index in [9.17, 15) is 0 Å². The molecule has 4 aliphatic rings. The lowest BCUT2D eigenvalue weighted by Gasteiger charge is -2.52. The first-order chi connectivity index (χ1) is 8.31. The van der Waals surface area contributed by atoms with Crippen molar-refractivity contribution in [3.63, 3.8) is 0 Å². The zero-order valence-corrected chi connectivity index (χ0v) is 11.9. The Kier molecular flexibility index (Phi) is 2.40. The van der Waals surface area contributed by atoms with Crippen LogP contribution in [0.2, 0.25) is 0 Å². The van der Waals surface area contributed by atoms with E-state index >= 15 is 0 Å². The Morgan fingerprint density at radius 2 is 2.06 bits per heavy atom. The van der Waals surface area contributed by atoms with Gasteiger partial charge in [0.2, 0.25) is 0 Å². The summed E-state index contributed by atoms with van der Waals surface area (Å²) >= 11 is 2.39. The summed E-state index contributed by atoms with van der Waals surface area (Å²) in [6, 6.07) is 7.25. The van der Waals surface area contributed by atoms with E-state index in [0.717, 1.165) is 11.7 Å². The van der Waals surface area contributed by atoms with Crippen LogP contribution in [-0.4, -0.2) is 30.1 Å². The number of rotatable bonds is 0. The van der Waals surface area contributed by atoms with Gasteiger partial charge in [0, 0.05) is 3.57 Å². The molecule has 0 aliphatic carbocycles. The van der Waals surface area contributed by atoms with Gasteiger partial charge in [0.1, 0.15) is 11.9 Å². The molecule has 0 amide bonds. The van der Waals surface area contributed by atoms with Crippen molar-refractivity contribution in [1.29, 1.82) is 0 Å². The summed E-state index contributed by atoms with van der Waals surface area (Å²) in [5.41, 5.74) is 1.41. The number of benzene rings is 1. The minimum atomic E-state index is 0.463. The number of hydrogen-bond acceptors (Lipinski definition) is 2. The van der Waals surface area contributed by atoms with Crippen molar-refractivity contribution in [2.75, 3.05) is 13.1 Å². The van der Waals surface area contributed by atoms with Crippen LogP contribution >= 0.6 is 22.6 Å². The highest BCUT2D eigenvalue weighted by atomic mass is 127. The molecule has 3 heteroatoms. The Bertz CT molecular complexity index is 454. The molecule has 0 saturated carbocycles. The maximum absolute atomic E-state index is 6.28. The van der Waals surface area contributed by atoms with E-state index in [0.29, 0.717) is 12.1 Å². The normalized spacial score (nSPS) is 38.2. The Morgan fingerprint density at radius 1 is 1.24 bits per heavy atom. The zero-order valence-electron chi connectivity index (χ0n) is 9.73. The number of halogens is 1. The van der Waals surface area contributed by atoms with E-state index in [1.807, 2.05) is 0 Å². The van der Waals surface area contributed by atoms with Crippen molar-refractivity contribution >= 4 is 22.6 Å². The van der Waals surface area contributed by atoms with Gasteiger partial charge in [0.05, 0.1) is 6.04 Å². The van der Waals surface area contributed by atoms with E-state index in [1.54, 1.807) is 0 Å². The monoisotopic (exact) mass is 341 g/mol. The van der Waals surface area contributed by atoms with E-state index in [2.05, 4.69) is 45.7 Å². The molecule has 0 N–H and O–H groups in total. The van der Waals surface area contributed by atoms with Crippen LogP contribution in [0.1, 0.15) is 18.4 Å². The highest BCUT2D eigenvalue weighted by molar-refractivity contribution is 14.1. The van der Waals surface area contributed by atoms with Gasteiger partial charge < -0.3 is 4.74 Å². The van der Waals surface area contributed by atoms with Crippen LogP contribution in [0.15, 0.2) is 18.2 Å². The molecule has 0 spiro atoms. The minimum absolute atomic E-state index is 0.463. The molecule has 2 unspecified atom stereocenters. The van der Waals surface area contributed by atoms with Gasteiger partial charge in [-0.3, -0.25) is 4.90 Å². The largest absolute Gasteiger partial charge is 0.488 e. The van der Waals surface area contributed by atoms with Crippen molar-refractivity contribution in [2.45, 2.75) is 31.4 Å². The van der Waals surface area contributed by atoms with Crippen LogP contribution < -0.4 is 4.74 Å². The highest BCUT2D eigenvalue weighted by Crippen LogP contribution is 2.41. The lowest BCUT2D eigenvalue weighted by Crippen LogP contribution is -2.61. The molecule has 2 nitrogen and oxygen atoms in total. The van der Waals surface area contributed by atoms with E-state index in [4.69, 9.17) is 4.74 Å². The first-order valence-corrected chi connectivity index (χ1v) is 7.58. The first-order valence-electron chi connectivity index (χ1n) is 6.50. The minimum Gasteiger partial charge on any atom is -0.488 e. The smallest absolute Gasteiger partial charge is 0.123 e. The Labute approximate surface area is 115 Å². The van der Waals surface area contributed by atoms with Gasteiger partial charge in [-0.25, -0.2) is 0 Å². The van der Waals surface area contributed by atoms with Crippen molar-refractivity contribution in [3.8, 4) is 5.75 Å². The van der Waals surface area contributed by atoms with Crippen LogP contribution in [0.25, 0.3) is 0 Å². The number of ether oxygens (including phenoxy) is 1. The Hall–Kier alpha value is -0.290. The Morgan fingerprint density at radius 3 is 2.88 bits per heavy atom. The van der Waals surface area contributed by atoms with Crippen LogP contribution in [0, 0.1) is 9.49 Å². The SMILES string of the molecule is Ic1ccc2c(c1)CC1C(O2)C2CCN1CC2. The lowest BCUT2D eigenvalue weighted by atomic mass is 9.77. The van der Waals surface area contributed by atoms with Gasteiger partial charge in [0.15, 0.2) is 0 Å². The molecule has 1 aromatic carbocycles. The maximum atomic E-state index is 6.28. The van der Waals surface area contributed by atoms with Gasteiger partial charge in [-0.1, -0.05) is 0 Å². The summed E-state index contributed by atoms with van der Waals surface area (Å²) in [6.45, 7) is 2.57. The number of piperidine rings is 3. The van der Waals surface area contributed by atoms with Crippen molar-refractivity contribution in [2.24, 2.45) is 5.92 Å². The number of nitrogens with zero attached hydrogens (tertiary/aromatic N) is 1. The molecule has 2 atom stereocenters.